The van der Waals surface area contributed by atoms with E-state index in [4.69, 9.17) is 9.15 Å². The molecule has 0 aromatic carbocycles. The van der Waals surface area contributed by atoms with Gasteiger partial charge in [0.25, 0.3) is 0 Å². The number of carbonyl (C=O) groups is 2. The molecule has 1 aromatic heterocycles. The fourth-order valence-corrected chi connectivity index (χ4v) is 1.89. The third-order valence-electron chi connectivity index (χ3n) is 2.93. The van der Waals surface area contributed by atoms with E-state index < -0.39 is 0 Å². The maximum Gasteiger partial charge on any atom is 0.322 e. The van der Waals surface area contributed by atoms with Crippen LogP contribution in [0.4, 0.5) is 0 Å². The summed E-state index contributed by atoms with van der Waals surface area (Å²) >= 11 is 0. The van der Waals surface area contributed by atoms with E-state index in [2.05, 4.69) is 5.32 Å². The zero-order chi connectivity index (χ0) is 15.7. The van der Waals surface area contributed by atoms with Gasteiger partial charge in [-0.1, -0.05) is 13.8 Å². The monoisotopic (exact) mass is 293 g/mol. The Kier molecular flexibility index (Phi) is 7.46. The van der Waals surface area contributed by atoms with Crippen molar-refractivity contribution in [2.75, 3.05) is 13.7 Å². The van der Waals surface area contributed by atoms with Crippen LogP contribution in [0, 0.1) is 5.92 Å². The highest BCUT2D eigenvalue weighted by molar-refractivity contribution is 5.93. The van der Waals surface area contributed by atoms with Crippen molar-refractivity contribution in [3.05, 3.63) is 30.2 Å². The van der Waals surface area contributed by atoms with Gasteiger partial charge in [-0.25, -0.2) is 0 Å². The number of ether oxygens (including phenoxy) is 1. The lowest BCUT2D eigenvalue weighted by molar-refractivity contribution is -0.143. The fraction of sp³-hybridized carbons (Fsp3) is 0.500. The number of carbonyl (C=O) groups excluding carboxylic acids is 2. The molecule has 1 unspecified atom stereocenters. The van der Waals surface area contributed by atoms with Crippen LogP contribution in [0.15, 0.2) is 28.9 Å². The summed E-state index contributed by atoms with van der Waals surface area (Å²) in [7, 11) is 1.37. The number of hydrogen-bond donors (Lipinski definition) is 1. The van der Waals surface area contributed by atoms with E-state index in [1.54, 1.807) is 24.5 Å². The fourth-order valence-electron chi connectivity index (χ4n) is 1.89. The largest absolute Gasteiger partial charge is 0.468 e. The SMILES string of the molecule is COC(=O)C(CC(C)C)NCCC(=O)C=Cc1ccco1. The van der Waals surface area contributed by atoms with Crippen LogP contribution < -0.4 is 5.32 Å². The molecule has 1 rings (SSSR count). The number of ketones is 1. The number of hydrogen-bond acceptors (Lipinski definition) is 5. The van der Waals surface area contributed by atoms with E-state index in [9.17, 15) is 9.59 Å². The molecule has 116 valence electrons. The summed E-state index contributed by atoms with van der Waals surface area (Å²) in [6.45, 7) is 4.51. The predicted octanol–water partition coefficient (Wildman–Crippen LogP) is 2.43. The van der Waals surface area contributed by atoms with Crippen LogP contribution in [0.3, 0.4) is 0 Å². The molecule has 0 aliphatic heterocycles. The highest BCUT2D eigenvalue weighted by Gasteiger charge is 2.19. The summed E-state index contributed by atoms with van der Waals surface area (Å²) in [6, 6.07) is 3.17. The van der Waals surface area contributed by atoms with Gasteiger partial charge in [0.2, 0.25) is 0 Å². The Labute approximate surface area is 125 Å². The van der Waals surface area contributed by atoms with E-state index in [1.165, 1.54) is 13.2 Å². The Morgan fingerprint density at radius 2 is 2.19 bits per heavy atom. The first kappa shape index (κ1) is 17.2. The standard InChI is InChI=1S/C16H23NO4/c1-12(2)11-15(16(19)20-3)17-9-8-13(18)6-7-14-5-4-10-21-14/h4-7,10,12,15,17H,8-9,11H2,1-3H3. The zero-order valence-electron chi connectivity index (χ0n) is 12.8. The maximum absolute atomic E-state index is 11.7. The number of methoxy groups -OCH3 is 1. The van der Waals surface area contributed by atoms with Crippen molar-refractivity contribution in [1.29, 1.82) is 0 Å². The molecule has 1 aromatic rings. The highest BCUT2D eigenvalue weighted by Crippen LogP contribution is 2.06. The molecule has 1 atom stereocenters. The van der Waals surface area contributed by atoms with Crippen LogP contribution in [0.25, 0.3) is 6.08 Å². The smallest absolute Gasteiger partial charge is 0.322 e. The van der Waals surface area contributed by atoms with Gasteiger partial charge in [-0.15, -0.1) is 0 Å². The van der Waals surface area contributed by atoms with Gasteiger partial charge in [0.15, 0.2) is 5.78 Å². The molecule has 5 heteroatoms. The molecule has 5 nitrogen and oxygen atoms in total. The zero-order valence-corrected chi connectivity index (χ0v) is 12.8. The van der Waals surface area contributed by atoms with E-state index in [1.807, 2.05) is 13.8 Å². The van der Waals surface area contributed by atoms with Crippen LogP contribution in [0.5, 0.6) is 0 Å². The van der Waals surface area contributed by atoms with Gasteiger partial charge in [-0.2, -0.15) is 0 Å². The number of rotatable bonds is 9. The van der Waals surface area contributed by atoms with Crippen LogP contribution in [0.1, 0.15) is 32.4 Å². The minimum absolute atomic E-state index is 0.0212. The molecule has 1 heterocycles. The van der Waals surface area contributed by atoms with Crippen molar-refractivity contribution in [3.8, 4) is 0 Å². The summed E-state index contributed by atoms with van der Waals surface area (Å²) in [5.41, 5.74) is 0. The van der Waals surface area contributed by atoms with Crippen molar-refractivity contribution >= 4 is 17.8 Å². The van der Waals surface area contributed by atoms with E-state index in [0.29, 0.717) is 31.1 Å². The third-order valence-corrected chi connectivity index (χ3v) is 2.93. The first-order valence-corrected chi connectivity index (χ1v) is 7.08. The lowest BCUT2D eigenvalue weighted by Gasteiger charge is -2.17. The third kappa shape index (κ3) is 6.90. The van der Waals surface area contributed by atoms with E-state index in [0.717, 1.165) is 0 Å². The van der Waals surface area contributed by atoms with Crippen LogP contribution in [-0.4, -0.2) is 31.4 Å². The minimum atomic E-state index is -0.364. The first-order chi connectivity index (χ1) is 10.0. The van der Waals surface area contributed by atoms with Gasteiger partial charge in [0.1, 0.15) is 11.8 Å². The number of furan rings is 1. The normalized spacial score (nSPS) is 12.8. The molecule has 21 heavy (non-hydrogen) atoms. The van der Waals surface area contributed by atoms with Gasteiger partial charge < -0.3 is 14.5 Å². The van der Waals surface area contributed by atoms with Crippen molar-refractivity contribution < 1.29 is 18.7 Å². The molecule has 0 spiro atoms. The molecular formula is C16H23NO4. The number of allylic oxidation sites excluding steroid dienone is 1. The van der Waals surface area contributed by atoms with Gasteiger partial charge in [-0.05, 0) is 36.6 Å². The molecule has 0 saturated heterocycles. The molecule has 0 aliphatic carbocycles. The van der Waals surface area contributed by atoms with Crippen LogP contribution in [0.2, 0.25) is 0 Å². The average molecular weight is 293 g/mol. The van der Waals surface area contributed by atoms with E-state index >= 15 is 0 Å². The van der Waals surface area contributed by atoms with E-state index in [-0.39, 0.29) is 17.8 Å². The van der Waals surface area contributed by atoms with Gasteiger partial charge >= 0.3 is 5.97 Å². The molecule has 0 bridgehead atoms. The summed E-state index contributed by atoms with van der Waals surface area (Å²) in [5, 5.41) is 3.07. The molecule has 1 N–H and O–H groups in total. The Morgan fingerprint density at radius 3 is 2.76 bits per heavy atom. The number of nitrogens with one attached hydrogen (secondary N) is 1. The Bertz CT molecular complexity index is 463. The molecule has 0 amide bonds. The first-order valence-electron chi connectivity index (χ1n) is 7.08. The Hall–Kier alpha value is -1.88. The molecule has 0 fully saturated rings. The Balaban J connectivity index is 2.35. The average Bonchev–Trinajstić information content (AvgIpc) is 2.96. The van der Waals surface area contributed by atoms with Crippen molar-refractivity contribution in [3.63, 3.8) is 0 Å². The summed E-state index contributed by atoms with van der Waals surface area (Å²) < 4.78 is 9.85. The van der Waals surface area contributed by atoms with Crippen LogP contribution >= 0.6 is 0 Å². The summed E-state index contributed by atoms with van der Waals surface area (Å²) in [5.74, 6) is 0.703. The molecule has 0 saturated carbocycles. The second-order valence-corrected chi connectivity index (χ2v) is 5.22. The van der Waals surface area contributed by atoms with Crippen LogP contribution in [-0.2, 0) is 14.3 Å². The molecule has 0 radical (unpaired) electrons. The highest BCUT2D eigenvalue weighted by atomic mass is 16.5. The second kappa shape index (κ2) is 9.13. The second-order valence-electron chi connectivity index (χ2n) is 5.22. The van der Waals surface area contributed by atoms with Gasteiger partial charge in [0.05, 0.1) is 13.4 Å². The Morgan fingerprint density at radius 1 is 1.43 bits per heavy atom. The lowest BCUT2D eigenvalue weighted by atomic mass is 10.0. The molecular weight excluding hydrogens is 270 g/mol. The summed E-state index contributed by atoms with van der Waals surface area (Å²) in [6.07, 6.45) is 5.68. The molecule has 0 aliphatic rings. The summed E-state index contributed by atoms with van der Waals surface area (Å²) in [4.78, 5) is 23.3. The lowest BCUT2D eigenvalue weighted by Crippen LogP contribution is -2.39. The van der Waals surface area contributed by atoms with Gasteiger partial charge in [0, 0.05) is 13.0 Å². The number of esters is 1. The minimum Gasteiger partial charge on any atom is -0.468 e. The van der Waals surface area contributed by atoms with Crippen molar-refractivity contribution in [2.24, 2.45) is 5.92 Å². The predicted molar refractivity (Wildman–Crippen MR) is 80.6 cm³/mol. The maximum atomic E-state index is 11.7. The van der Waals surface area contributed by atoms with Gasteiger partial charge in [-0.3, -0.25) is 9.59 Å². The topological polar surface area (TPSA) is 68.5 Å². The van der Waals surface area contributed by atoms with Crippen molar-refractivity contribution in [2.45, 2.75) is 32.7 Å². The quantitative estimate of drug-likeness (QED) is 0.559. The van der Waals surface area contributed by atoms with Crippen molar-refractivity contribution in [1.82, 2.24) is 5.32 Å².